The molecule has 31 heavy (non-hydrogen) atoms. The first-order valence-corrected chi connectivity index (χ1v) is 11.3. The molecule has 4 rings (SSSR count). The zero-order valence-corrected chi connectivity index (χ0v) is 19.0. The van der Waals surface area contributed by atoms with Crippen molar-refractivity contribution in [1.82, 2.24) is 5.32 Å². The Balaban J connectivity index is 0.00000272. The SMILES string of the molecule is CNC[C@H](O)[C@H](c1ccccc1)N1CCc2cc(NC(=O)C3CCCCC3)ccc21.Cl. The predicted octanol–water partition coefficient (Wildman–Crippen LogP) is 4.31. The zero-order chi connectivity index (χ0) is 20.9. The molecule has 0 spiro atoms. The Hall–Kier alpha value is -2.08. The minimum Gasteiger partial charge on any atom is -0.389 e. The number of fused-ring (bicyclic) bond motifs is 1. The summed E-state index contributed by atoms with van der Waals surface area (Å²) in [7, 11) is 1.87. The summed E-state index contributed by atoms with van der Waals surface area (Å²) in [5, 5.41) is 17.2. The number of amides is 1. The number of likely N-dealkylation sites (N-methyl/N-ethyl adjacent to an activating group) is 1. The fraction of sp³-hybridized carbons (Fsp3) is 0.480. The van der Waals surface area contributed by atoms with E-state index in [0.29, 0.717) is 6.54 Å². The van der Waals surface area contributed by atoms with Gasteiger partial charge in [-0.25, -0.2) is 0 Å². The van der Waals surface area contributed by atoms with Crippen LogP contribution in [0.5, 0.6) is 0 Å². The Kier molecular flexibility index (Phi) is 8.35. The maximum Gasteiger partial charge on any atom is 0.227 e. The molecule has 1 heterocycles. The molecule has 0 unspecified atom stereocenters. The van der Waals surface area contributed by atoms with Gasteiger partial charge in [0.05, 0.1) is 12.1 Å². The van der Waals surface area contributed by atoms with Crippen molar-refractivity contribution in [3.05, 3.63) is 59.7 Å². The number of hydrogen-bond acceptors (Lipinski definition) is 4. The summed E-state index contributed by atoms with van der Waals surface area (Å²) in [6, 6.07) is 16.3. The Labute approximate surface area is 191 Å². The first-order valence-electron chi connectivity index (χ1n) is 11.3. The lowest BCUT2D eigenvalue weighted by molar-refractivity contribution is -0.120. The van der Waals surface area contributed by atoms with E-state index in [1.54, 1.807) is 0 Å². The average molecular weight is 444 g/mol. The van der Waals surface area contributed by atoms with E-state index in [0.717, 1.165) is 55.6 Å². The van der Waals surface area contributed by atoms with Gasteiger partial charge in [0.25, 0.3) is 0 Å². The number of rotatable bonds is 7. The van der Waals surface area contributed by atoms with Crippen molar-refractivity contribution >= 4 is 29.7 Å². The minimum absolute atomic E-state index is 0. The maximum atomic E-state index is 12.6. The standard InChI is InChI=1S/C25H33N3O2.ClH/c1-26-17-23(29)24(18-8-4-2-5-9-18)28-15-14-20-16-21(12-13-22(20)28)27-25(30)19-10-6-3-7-11-19;/h2,4-5,8-9,12-13,16,19,23-24,26,29H,3,6-7,10-11,14-15,17H2,1H3,(H,27,30);1H/t23-,24-;/m0./s1. The Bertz CT molecular complexity index is 855. The average Bonchev–Trinajstić information content (AvgIpc) is 3.18. The summed E-state index contributed by atoms with van der Waals surface area (Å²) in [5.74, 6) is 0.318. The molecule has 3 N–H and O–H groups in total. The van der Waals surface area contributed by atoms with Gasteiger partial charge in [0.15, 0.2) is 0 Å². The molecule has 2 atom stereocenters. The largest absolute Gasteiger partial charge is 0.389 e. The molecule has 1 saturated carbocycles. The zero-order valence-electron chi connectivity index (χ0n) is 18.2. The van der Waals surface area contributed by atoms with Gasteiger partial charge in [0.2, 0.25) is 5.91 Å². The second-order valence-electron chi connectivity index (χ2n) is 8.59. The van der Waals surface area contributed by atoms with Gasteiger partial charge in [0.1, 0.15) is 0 Å². The second kappa shape index (κ2) is 11.0. The molecule has 168 valence electrons. The van der Waals surface area contributed by atoms with E-state index in [1.807, 2.05) is 31.3 Å². The van der Waals surface area contributed by atoms with Crippen molar-refractivity contribution in [2.75, 3.05) is 30.4 Å². The van der Waals surface area contributed by atoms with E-state index in [-0.39, 0.29) is 30.3 Å². The normalized spacial score (nSPS) is 18.1. The molecule has 2 aliphatic rings. The number of carbonyl (C=O) groups is 1. The highest BCUT2D eigenvalue weighted by Crippen LogP contribution is 2.38. The highest BCUT2D eigenvalue weighted by molar-refractivity contribution is 5.93. The molecule has 0 saturated heterocycles. The molecule has 2 aromatic carbocycles. The van der Waals surface area contributed by atoms with Crippen LogP contribution in [-0.2, 0) is 11.2 Å². The first kappa shape index (κ1) is 23.6. The lowest BCUT2D eigenvalue weighted by Crippen LogP contribution is -2.40. The van der Waals surface area contributed by atoms with Crippen molar-refractivity contribution < 1.29 is 9.90 Å². The lowest BCUT2D eigenvalue weighted by atomic mass is 9.88. The minimum atomic E-state index is -0.519. The van der Waals surface area contributed by atoms with Crippen LogP contribution < -0.4 is 15.5 Å². The van der Waals surface area contributed by atoms with Crippen molar-refractivity contribution in [2.24, 2.45) is 5.92 Å². The molecule has 0 bridgehead atoms. The molecular formula is C25H34ClN3O2. The van der Waals surface area contributed by atoms with Crippen molar-refractivity contribution in [1.29, 1.82) is 0 Å². The summed E-state index contributed by atoms with van der Waals surface area (Å²) in [6.07, 6.45) is 5.98. The lowest BCUT2D eigenvalue weighted by Gasteiger charge is -2.34. The van der Waals surface area contributed by atoms with Crippen molar-refractivity contribution in [3.8, 4) is 0 Å². The monoisotopic (exact) mass is 443 g/mol. The Morgan fingerprint density at radius 2 is 1.87 bits per heavy atom. The number of halogens is 1. The van der Waals surface area contributed by atoms with E-state index in [2.05, 4.69) is 39.8 Å². The van der Waals surface area contributed by atoms with Crippen molar-refractivity contribution in [3.63, 3.8) is 0 Å². The summed E-state index contributed by atoms with van der Waals surface area (Å²) >= 11 is 0. The van der Waals surface area contributed by atoms with E-state index in [1.165, 1.54) is 12.0 Å². The van der Waals surface area contributed by atoms with Gasteiger partial charge in [-0.15, -0.1) is 12.4 Å². The maximum absolute atomic E-state index is 12.6. The molecule has 6 heteroatoms. The quantitative estimate of drug-likeness (QED) is 0.596. The summed E-state index contributed by atoms with van der Waals surface area (Å²) < 4.78 is 0. The number of hydrogen-bond donors (Lipinski definition) is 3. The number of nitrogens with zero attached hydrogens (tertiary/aromatic N) is 1. The van der Waals surface area contributed by atoms with Crippen LogP contribution in [0.2, 0.25) is 0 Å². The Morgan fingerprint density at radius 1 is 1.13 bits per heavy atom. The number of nitrogens with one attached hydrogen (secondary N) is 2. The van der Waals surface area contributed by atoms with E-state index in [4.69, 9.17) is 0 Å². The topological polar surface area (TPSA) is 64.6 Å². The third-order valence-electron chi connectivity index (χ3n) is 6.51. The van der Waals surface area contributed by atoms with Gasteiger partial charge in [-0.05, 0) is 55.6 Å². The third kappa shape index (κ3) is 5.40. The van der Waals surface area contributed by atoms with Crippen LogP contribution in [0, 0.1) is 5.92 Å². The fourth-order valence-electron chi connectivity index (χ4n) is 4.98. The number of aliphatic hydroxyl groups excluding tert-OH is 1. The van der Waals surface area contributed by atoms with Crippen LogP contribution in [0.3, 0.4) is 0 Å². The molecule has 1 aliphatic heterocycles. The summed E-state index contributed by atoms with van der Waals surface area (Å²) in [4.78, 5) is 14.9. The molecule has 1 fully saturated rings. The highest BCUT2D eigenvalue weighted by Gasteiger charge is 2.32. The number of carbonyl (C=O) groups excluding carboxylic acids is 1. The van der Waals surface area contributed by atoms with Crippen LogP contribution in [0.15, 0.2) is 48.5 Å². The molecule has 1 amide bonds. The number of aliphatic hydroxyl groups is 1. The van der Waals surface area contributed by atoms with Gasteiger partial charge in [-0.3, -0.25) is 4.79 Å². The number of benzene rings is 2. The van der Waals surface area contributed by atoms with Gasteiger partial charge >= 0.3 is 0 Å². The van der Waals surface area contributed by atoms with Crippen molar-refractivity contribution in [2.45, 2.75) is 50.7 Å². The van der Waals surface area contributed by atoms with Crippen LogP contribution >= 0.6 is 12.4 Å². The van der Waals surface area contributed by atoms with E-state index < -0.39 is 6.10 Å². The summed E-state index contributed by atoms with van der Waals surface area (Å²) in [5.41, 5.74) is 4.38. The van der Waals surface area contributed by atoms with Gasteiger partial charge < -0.3 is 20.6 Å². The summed E-state index contributed by atoms with van der Waals surface area (Å²) in [6.45, 7) is 1.39. The number of anilines is 2. The fourth-order valence-corrected chi connectivity index (χ4v) is 4.98. The molecule has 0 radical (unpaired) electrons. The van der Waals surface area contributed by atoms with Crippen LogP contribution in [-0.4, -0.2) is 37.3 Å². The van der Waals surface area contributed by atoms with E-state index in [9.17, 15) is 9.90 Å². The van der Waals surface area contributed by atoms with Crippen LogP contribution in [0.1, 0.15) is 49.3 Å². The smallest absolute Gasteiger partial charge is 0.227 e. The molecule has 1 aliphatic carbocycles. The molecule has 2 aromatic rings. The van der Waals surface area contributed by atoms with Gasteiger partial charge in [0, 0.05) is 30.4 Å². The highest BCUT2D eigenvalue weighted by atomic mass is 35.5. The molecular weight excluding hydrogens is 410 g/mol. The van der Waals surface area contributed by atoms with Crippen LogP contribution in [0.4, 0.5) is 11.4 Å². The molecule has 5 nitrogen and oxygen atoms in total. The van der Waals surface area contributed by atoms with Gasteiger partial charge in [-0.2, -0.15) is 0 Å². The second-order valence-corrected chi connectivity index (χ2v) is 8.59. The van der Waals surface area contributed by atoms with E-state index >= 15 is 0 Å². The van der Waals surface area contributed by atoms with Crippen LogP contribution in [0.25, 0.3) is 0 Å². The third-order valence-corrected chi connectivity index (χ3v) is 6.51. The Morgan fingerprint density at radius 3 is 2.58 bits per heavy atom. The van der Waals surface area contributed by atoms with Gasteiger partial charge in [-0.1, -0.05) is 49.6 Å². The predicted molar refractivity (Wildman–Crippen MR) is 129 cm³/mol. The molecule has 0 aromatic heterocycles. The first-order chi connectivity index (χ1) is 14.7.